The van der Waals surface area contributed by atoms with E-state index in [1.807, 2.05) is 0 Å². The SMILES string of the molecule is O=C(NCC(F)(F)F)c1cc(-c2ccc(Cl)cc2)on1. The van der Waals surface area contributed by atoms with Gasteiger partial charge in [0.1, 0.15) is 6.54 Å². The van der Waals surface area contributed by atoms with Crippen molar-refractivity contribution in [1.82, 2.24) is 10.5 Å². The number of nitrogens with zero attached hydrogens (tertiary/aromatic N) is 1. The van der Waals surface area contributed by atoms with Crippen LogP contribution in [0.25, 0.3) is 11.3 Å². The number of benzene rings is 1. The van der Waals surface area contributed by atoms with E-state index in [1.165, 1.54) is 6.07 Å². The fraction of sp³-hybridized carbons (Fsp3) is 0.167. The molecule has 0 fully saturated rings. The molecule has 0 atom stereocenters. The number of hydrogen-bond donors (Lipinski definition) is 1. The van der Waals surface area contributed by atoms with Crippen molar-refractivity contribution in [2.24, 2.45) is 0 Å². The van der Waals surface area contributed by atoms with E-state index < -0.39 is 18.6 Å². The Hall–Kier alpha value is -2.02. The van der Waals surface area contributed by atoms with Crippen LogP contribution in [0, 0.1) is 0 Å². The molecule has 4 nitrogen and oxygen atoms in total. The first-order valence-corrected chi connectivity index (χ1v) is 5.80. The zero-order chi connectivity index (χ0) is 14.8. The maximum absolute atomic E-state index is 12.0. The Bertz CT molecular complexity index is 608. The van der Waals surface area contributed by atoms with E-state index in [2.05, 4.69) is 5.16 Å². The molecule has 0 saturated heterocycles. The third kappa shape index (κ3) is 3.74. The van der Waals surface area contributed by atoms with Crippen molar-refractivity contribution in [1.29, 1.82) is 0 Å². The average molecular weight is 305 g/mol. The molecule has 1 aromatic heterocycles. The summed E-state index contributed by atoms with van der Waals surface area (Å²) >= 11 is 5.72. The van der Waals surface area contributed by atoms with E-state index in [1.54, 1.807) is 29.6 Å². The summed E-state index contributed by atoms with van der Waals surface area (Å²) in [6.45, 7) is -1.42. The lowest BCUT2D eigenvalue weighted by molar-refractivity contribution is -0.123. The molecule has 0 aliphatic carbocycles. The summed E-state index contributed by atoms with van der Waals surface area (Å²) in [5.41, 5.74) is 0.385. The first kappa shape index (κ1) is 14.4. The van der Waals surface area contributed by atoms with Gasteiger partial charge >= 0.3 is 6.18 Å². The number of halogens is 4. The van der Waals surface area contributed by atoms with E-state index in [-0.39, 0.29) is 11.5 Å². The second kappa shape index (κ2) is 5.54. The molecule has 0 aliphatic rings. The lowest BCUT2D eigenvalue weighted by Gasteiger charge is -2.05. The number of amides is 1. The van der Waals surface area contributed by atoms with Gasteiger partial charge in [-0.15, -0.1) is 0 Å². The lowest BCUT2D eigenvalue weighted by atomic mass is 10.1. The molecule has 8 heteroatoms. The third-order valence-corrected chi connectivity index (χ3v) is 2.57. The van der Waals surface area contributed by atoms with Gasteiger partial charge in [-0.05, 0) is 24.3 Å². The van der Waals surface area contributed by atoms with Gasteiger partial charge in [0.05, 0.1) is 0 Å². The lowest BCUT2D eigenvalue weighted by Crippen LogP contribution is -2.33. The molecule has 0 aliphatic heterocycles. The largest absolute Gasteiger partial charge is 0.405 e. The summed E-state index contributed by atoms with van der Waals surface area (Å²) in [7, 11) is 0. The maximum Gasteiger partial charge on any atom is 0.405 e. The summed E-state index contributed by atoms with van der Waals surface area (Å²) in [6.07, 6.45) is -4.47. The van der Waals surface area contributed by atoms with Crippen LogP contribution in [0.15, 0.2) is 34.9 Å². The highest BCUT2D eigenvalue weighted by Crippen LogP contribution is 2.22. The molecule has 0 radical (unpaired) electrons. The average Bonchev–Trinajstić information content (AvgIpc) is 2.85. The van der Waals surface area contributed by atoms with Gasteiger partial charge in [-0.25, -0.2) is 0 Å². The molecule has 2 aromatic rings. The van der Waals surface area contributed by atoms with E-state index in [4.69, 9.17) is 16.1 Å². The molecule has 1 N–H and O–H groups in total. The molecule has 0 spiro atoms. The van der Waals surface area contributed by atoms with Gasteiger partial charge in [-0.3, -0.25) is 4.79 Å². The van der Waals surface area contributed by atoms with Gasteiger partial charge in [0, 0.05) is 16.7 Å². The van der Waals surface area contributed by atoms with Crippen LogP contribution in [0.3, 0.4) is 0 Å². The minimum atomic E-state index is -4.47. The second-order valence-corrected chi connectivity index (χ2v) is 4.32. The first-order chi connectivity index (χ1) is 9.35. The summed E-state index contributed by atoms with van der Waals surface area (Å²) in [5.74, 6) is -0.690. The van der Waals surface area contributed by atoms with Crippen LogP contribution in [0.1, 0.15) is 10.5 Å². The minimum Gasteiger partial charge on any atom is -0.355 e. The quantitative estimate of drug-likeness (QED) is 0.946. The highest BCUT2D eigenvalue weighted by atomic mass is 35.5. The monoisotopic (exact) mass is 304 g/mol. The van der Waals surface area contributed by atoms with E-state index in [0.717, 1.165) is 0 Å². The van der Waals surface area contributed by atoms with E-state index in [0.29, 0.717) is 10.6 Å². The minimum absolute atomic E-state index is 0.223. The van der Waals surface area contributed by atoms with E-state index >= 15 is 0 Å². The molecular weight excluding hydrogens is 297 g/mol. The highest BCUT2D eigenvalue weighted by molar-refractivity contribution is 6.30. The van der Waals surface area contributed by atoms with E-state index in [9.17, 15) is 18.0 Å². The zero-order valence-corrected chi connectivity index (χ0v) is 10.6. The Labute approximate surface area is 116 Å². The number of alkyl halides is 3. The van der Waals surface area contributed by atoms with Gasteiger partial charge in [0.15, 0.2) is 11.5 Å². The van der Waals surface area contributed by atoms with Gasteiger partial charge in [-0.1, -0.05) is 16.8 Å². The number of hydrogen-bond acceptors (Lipinski definition) is 3. The molecule has 20 heavy (non-hydrogen) atoms. The normalized spacial score (nSPS) is 11.4. The Morgan fingerprint density at radius 1 is 1.30 bits per heavy atom. The van der Waals surface area contributed by atoms with Gasteiger partial charge < -0.3 is 9.84 Å². The Morgan fingerprint density at radius 3 is 2.55 bits per heavy atom. The standard InChI is InChI=1S/C12H8ClF3N2O2/c13-8-3-1-7(2-4-8)10-5-9(18-20-10)11(19)17-6-12(14,15)16/h1-5H,6H2,(H,17,19). The molecule has 0 bridgehead atoms. The van der Waals surface area contributed by atoms with Crippen LogP contribution in [-0.4, -0.2) is 23.8 Å². The van der Waals surface area contributed by atoms with Crippen LogP contribution in [0.4, 0.5) is 13.2 Å². The summed E-state index contributed by atoms with van der Waals surface area (Å²) in [6, 6.07) is 7.76. The summed E-state index contributed by atoms with van der Waals surface area (Å²) in [5, 5.41) is 5.66. The van der Waals surface area contributed by atoms with Crippen molar-refractivity contribution >= 4 is 17.5 Å². The topological polar surface area (TPSA) is 55.1 Å². The number of carbonyl (C=O) groups excluding carboxylic acids is 1. The molecule has 2 rings (SSSR count). The van der Waals surface area contributed by atoms with Crippen LogP contribution in [0.5, 0.6) is 0 Å². The molecule has 0 unspecified atom stereocenters. The third-order valence-electron chi connectivity index (χ3n) is 2.32. The van der Waals surface area contributed by atoms with Crippen molar-refractivity contribution in [3.63, 3.8) is 0 Å². The molecular formula is C12H8ClF3N2O2. The smallest absolute Gasteiger partial charge is 0.355 e. The number of nitrogens with one attached hydrogen (secondary N) is 1. The number of rotatable bonds is 3. The van der Waals surface area contributed by atoms with Crippen LogP contribution < -0.4 is 5.32 Å². The zero-order valence-electron chi connectivity index (χ0n) is 9.87. The number of carbonyl (C=O) groups is 1. The van der Waals surface area contributed by atoms with Gasteiger partial charge in [-0.2, -0.15) is 13.2 Å². The Balaban J connectivity index is 2.09. The van der Waals surface area contributed by atoms with Crippen molar-refractivity contribution in [3.05, 3.63) is 41.0 Å². The predicted molar refractivity (Wildman–Crippen MR) is 65.3 cm³/mol. The molecule has 1 aromatic carbocycles. The van der Waals surface area contributed by atoms with Crippen LogP contribution >= 0.6 is 11.6 Å². The molecule has 1 amide bonds. The summed E-state index contributed by atoms with van der Waals surface area (Å²) < 4.78 is 40.8. The van der Waals surface area contributed by atoms with Crippen molar-refractivity contribution < 1.29 is 22.5 Å². The fourth-order valence-corrected chi connectivity index (χ4v) is 1.53. The van der Waals surface area contributed by atoms with Crippen LogP contribution in [-0.2, 0) is 0 Å². The molecule has 1 heterocycles. The van der Waals surface area contributed by atoms with Gasteiger partial charge in [0.25, 0.3) is 5.91 Å². The van der Waals surface area contributed by atoms with Crippen molar-refractivity contribution in [3.8, 4) is 11.3 Å². The number of aromatic nitrogens is 1. The van der Waals surface area contributed by atoms with Crippen LogP contribution in [0.2, 0.25) is 5.02 Å². The Kier molecular flexibility index (Phi) is 3.99. The van der Waals surface area contributed by atoms with Crippen molar-refractivity contribution in [2.75, 3.05) is 6.54 Å². The maximum atomic E-state index is 12.0. The van der Waals surface area contributed by atoms with Gasteiger partial charge in [0.2, 0.25) is 0 Å². The summed E-state index contributed by atoms with van der Waals surface area (Å²) in [4.78, 5) is 11.4. The van der Waals surface area contributed by atoms with Crippen molar-refractivity contribution in [2.45, 2.75) is 6.18 Å². The molecule has 0 saturated carbocycles. The second-order valence-electron chi connectivity index (χ2n) is 3.88. The predicted octanol–water partition coefficient (Wildman–Crippen LogP) is 3.29. The highest BCUT2D eigenvalue weighted by Gasteiger charge is 2.28. The Morgan fingerprint density at radius 2 is 1.95 bits per heavy atom. The fourth-order valence-electron chi connectivity index (χ4n) is 1.40. The molecule has 106 valence electrons. The first-order valence-electron chi connectivity index (χ1n) is 5.43.